The molecule has 0 saturated heterocycles. The van der Waals surface area contributed by atoms with Crippen LogP contribution in [0.3, 0.4) is 0 Å². The number of aromatic nitrogens is 1. The molecule has 6 heteroatoms. The minimum Gasteiger partial charge on any atom is -0.336 e. The standard InChI is InChI=1S/C15H13F3N2O/c1-20(14(21)13-7-2-3-8-19-13)10-11-5-4-6-12(9-11)15(16,17)18/h2-9H,10H2,1H3. The highest BCUT2D eigenvalue weighted by molar-refractivity contribution is 5.91. The summed E-state index contributed by atoms with van der Waals surface area (Å²) >= 11 is 0. The average Bonchev–Trinajstić information content (AvgIpc) is 2.47. The molecule has 0 aliphatic rings. The molecule has 0 unspecified atom stereocenters. The number of carbonyl (C=O) groups excluding carboxylic acids is 1. The van der Waals surface area contributed by atoms with Crippen molar-refractivity contribution in [1.82, 2.24) is 9.88 Å². The van der Waals surface area contributed by atoms with E-state index in [9.17, 15) is 18.0 Å². The normalized spacial score (nSPS) is 11.2. The lowest BCUT2D eigenvalue weighted by Crippen LogP contribution is -2.27. The van der Waals surface area contributed by atoms with Crippen molar-refractivity contribution in [2.75, 3.05) is 7.05 Å². The van der Waals surface area contributed by atoms with Crippen molar-refractivity contribution in [3.05, 3.63) is 65.5 Å². The van der Waals surface area contributed by atoms with Crippen molar-refractivity contribution >= 4 is 5.91 Å². The molecule has 0 saturated carbocycles. The first-order valence-corrected chi connectivity index (χ1v) is 6.20. The Morgan fingerprint density at radius 3 is 2.57 bits per heavy atom. The van der Waals surface area contributed by atoms with E-state index in [0.717, 1.165) is 12.1 Å². The Morgan fingerprint density at radius 1 is 1.19 bits per heavy atom. The summed E-state index contributed by atoms with van der Waals surface area (Å²) in [4.78, 5) is 17.3. The number of nitrogens with zero attached hydrogens (tertiary/aromatic N) is 2. The monoisotopic (exact) mass is 294 g/mol. The number of rotatable bonds is 3. The van der Waals surface area contributed by atoms with E-state index >= 15 is 0 Å². The van der Waals surface area contributed by atoms with Gasteiger partial charge in [-0.15, -0.1) is 0 Å². The van der Waals surface area contributed by atoms with E-state index in [-0.39, 0.29) is 18.1 Å². The summed E-state index contributed by atoms with van der Waals surface area (Å²) in [5, 5.41) is 0. The highest BCUT2D eigenvalue weighted by Gasteiger charge is 2.30. The van der Waals surface area contributed by atoms with Gasteiger partial charge in [-0.2, -0.15) is 13.2 Å². The molecule has 1 amide bonds. The zero-order valence-electron chi connectivity index (χ0n) is 11.3. The molecule has 0 aliphatic heterocycles. The zero-order chi connectivity index (χ0) is 15.5. The van der Waals surface area contributed by atoms with Gasteiger partial charge >= 0.3 is 6.18 Å². The summed E-state index contributed by atoms with van der Waals surface area (Å²) in [5.41, 5.74) is -0.0535. The fourth-order valence-electron chi connectivity index (χ4n) is 1.88. The largest absolute Gasteiger partial charge is 0.416 e. The Hall–Kier alpha value is -2.37. The predicted octanol–water partition coefficient (Wildman–Crippen LogP) is 3.37. The summed E-state index contributed by atoms with van der Waals surface area (Å²) in [6, 6.07) is 9.86. The predicted molar refractivity (Wildman–Crippen MR) is 71.5 cm³/mol. The third kappa shape index (κ3) is 3.81. The number of benzene rings is 1. The van der Waals surface area contributed by atoms with Crippen molar-refractivity contribution in [2.45, 2.75) is 12.7 Å². The first-order valence-electron chi connectivity index (χ1n) is 6.20. The molecular formula is C15H13F3N2O. The van der Waals surface area contributed by atoms with Gasteiger partial charge in [-0.05, 0) is 29.8 Å². The van der Waals surface area contributed by atoms with E-state index in [1.165, 1.54) is 24.2 Å². The number of hydrogen-bond donors (Lipinski definition) is 0. The molecule has 0 fully saturated rings. The molecule has 0 atom stereocenters. The number of hydrogen-bond acceptors (Lipinski definition) is 2. The first kappa shape index (κ1) is 15.0. The van der Waals surface area contributed by atoms with Crippen molar-refractivity contribution in [3.63, 3.8) is 0 Å². The van der Waals surface area contributed by atoms with Crippen LogP contribution in [0.1, 0.15) is 21.6 Å². The van der Waals surface area contributed by atoms with Gasteiger partial charge in [-0.1, -0.05) is 18.2 Å². The van der Waals surface area contributed by atoms with Gasteiger partial charge in [0, 0.05) is 19.8 Å². The fourth-order valence-corrected chi connectivity index (χ4v) is 1.88. The number of pyridine rings is 1. The second kappa shape index (κ2) is 5.95. The average molecular weight is 294 g/mol. The van der Waals surface area contributed by atoms with Crippen LogP contribution in [0, 0.1) is 0 Å². The molecule has 2 rings (SSSR count). The summed E-state index contributed by atoms with van der Waals surface area (Å²) in [6.07, 6.45) is -2.90. The topological polar surface area (TPSA) is 33.2 Å². The summed E-state index contributed by atoms with van der Waals surface area (Å²) < 4.78 is 37.9. The van der Waals surface area contributed by atoms with Gasteiger partial charge in [-0.3, -0.25) is 9.78 Å². The zero-order valence-corrected chi connectivity index (χ0v) is 11.3. The quantitative estimate of drug-likeness (QED) is 0.869. The molecule has 3 nitrogen and oxygen atoms in total. The third-order valence-electron chi connectivity index (χ3n) is 2.90. The molecular weight excluding hydrogens is 281 g/mol. The van der Waals surface area contributed by atoms with E-state index in [0.29, 0.717) is 5.56 Å². The number of alkyl halides is 3. The molecule has 0 radical (unpaired) electrons. The van der Waals surface area contributed by atoms with Crippen LogP contribution in [0.2, 0.25) is 0 Å². The molecule has 1 heterocycles. The van der Waals surface area contributed by atoms with Crippen LogP contribution in [-0.2, 0) is 12.7 Å². The Balaban J connectivity index is 2.13. The van der Waals surface area contributed by atoms with Crippen LogP contribution in [0.5, 0.6) is 0 Å². The molecule has 1 aromatic heterocycles. The van der Waals surface area contributed by atoms with E-state index < -0.39 is 11.7 Å². The van der Waals surface area contributed by atoms with Crippen LogP contribution in [0.25, 0.3) is 0 Å². The summed E-state index contributed by atoms with van der Waals surface area (Å²) in [6.45, 7) is 0.0827. The lowest BCUT2D eigenvalue weighted by atomic mass is 10.1. The lowest BCUT2D eigenvalue weighted by Gasteiger charge is -2.17. The van der Waals surface area contributed by atoms with E-state index in [1.54, 1.807) is 24.3 Å². The van der Waals surface area contributed by atoms with Gasteiger partial charge in [0.15, 0.2) is 0 Å². The van der Waals surface area contributed by atoms with E-state index in [2.05, 4.69) is 4.98 Å². The lowest BCUT2D eigenvalue weighted by molar-refractivity contribution is -0.137. The molecule has 0 bridgehead atoms. The molecule has 0 N–H and O–H groups in total. The molecule has 0 spiro atoms. The Labute approximate surface area is 120 Å². The van der Waals surface area contributed by atoms with Crippen LogP contribution in [-0.4, -0.2) is 22.8 Å². The first-order chi connectivity index (χ1) is 9.88. The molecule has 2 aromatic rings. The SMILES string of the molecule is CN(Cc1cccc(C(F)(F)F)c1)C(=O)c1ccccn1. The summed E-state index contributed by atoms with van der Waals surface area (Å²) in [7, 11) is 1.53. The number of halogens is 3. The molecule has 110 valence electrons. The van der Waals surface area contributed by atoms with Crippen LogP contribution < -0.4 is 0 Å². The van der Waals surface area contributed by atoms with Gasteiger partial charge in [0.2, 0.25) is 0 Å². The minimum absolute atomic E-state index is 0.0827. The maximum absolute atomic E-state index is 12.6. The molecule has 21 heavy (non-hydrogen) atoms. The van der Waals surface area contributed by atoms with E-state index in [1.807, 2.05) is 0 Å². The van der Waals surface area contributed by atoms with Crippen molar-refractivity contribution in [2.24, 2.45) is 0 Å². The minimum atomic E-state index is -4.39. The Bertz CT molecular complexity index is 626. The van der Waals surface area contributed by atoms with Gasteiger partial charge in [0.1, 0.15) is 5.69 Å². The molecule has 1 aromatic carbocycles. The third-order valence-corrected chi connectivity index (χ3v) is 2.90. The maximum Gasteiger partial charge on any atom is 0.416 e. The second-order valence-electron chi connectivity index (χ2n) is 4.57. The summed E-state index contributed by atoms with van der Waals surface area (Å²) in [5.74, 6) is -0.340. The smallest absolute Gasteiger partial charge is 0.336 e. The fraction of sp³-hybridized carbons (Fsp3) is 0.200. The van der Waals surface area contributed by atoms with Crippen molar-refractivity contribution in [3.8, 4) is 0 Å². The highest BCUT2D eigenvalue weighted by atomic mass is 19.4. The number of carbonyl (C=O) groups is 1. The van der Waals surface area contributed by atoms with Crippen molar-refractivity contribution in [1.29, 1.82) is 0 Å². The maximum atomic E-state index is 12.6. The molecule has 0 aliphatic carbocycles. The van der Waals surface area contributed by atoms with Crippen LogP contribution >= 0.6 is 0 Å². The van der Waals surface area contributed by atoms with Gasteiger partial charge in [0.05, 0.1) is 5.56 Å². The number of amides is 1. The van der Waals surface area contributed by atoms with Crippen LogP contribution in [0.4, 0.5) is 13.2 Å². The van der Waals surface area contributed by atoms with Crippen molar-refractivity contribution < 1.29 is 18.0 Å². The Kier molecular flexibility index (Phi) is 4.26. The van der Waals surface area contributed by atoms with Crippen LogP contribution in [0.15, 0.2) is 48.7 Å². The highest BCUT2D eigenvalue weighted by Crippen LogP contribution is 2.29. The Morgan fingerprint density at radius 2 is 1.95 bits per heavy atom. The van der Waals surface area contributed by atoms with Gasteiger partial charge < -0.3 is 4.90 Å². The van der Waals surface area contributed by atoms with Gasteiger partial charge in [-0.25, -0.2) is 0 Å². The van der Waals surface area contributed by atoms with Gasteiger partial charge in [0.25, 0.3) is 5.91 Å². The second-order valence-corrected chi connectivity index (χ2v) is 4.57. The van der Waals surface area contributed by atoms with E-state index in [4.69, 9.17) is 0 Å².